The largest absolute Gasteiger partial charge is 0.370 e. The molecule has 0 fully saturated rings. The summed E-state index contributed by atoms with van der Waals surface area (Å²) < 4.78 is 2.13. The minimum atomic E-state index is -0.447. The summed E-state index contributed by atoms with van der Waals surface area (Å²) in [6, 6.07) is 11.1. The number of primary amides is 1. The van der Waals surface area contributed by atoms with E-state index in [0.717, 1.165) is 17.0 Å². The maximum absolute atomic E-state index is 12.7. The summed E-state index contributed by atoms with van der Waals surface area (Å²) in [4.78, 5) is 24.1. The van der Waals surface area contributed by atoms with Gasteiger partial charge in [0.25, 0.3) is 5.91 Å². The first-order chi connectivity index (χ1) is 11.3. The molecule has 2 rings (SSSR count). The summed E-state index contributed by atoms with van der Waals surface area (Å²) in [5.41, 5.74) is 8.81. The molecule has 0 spiro atoms. The zero-order valence-electron chi connectivity index (χ0n) is 14.7. The topological polar surface area (TPSA) is 77.1 Å². The second kappa shape index (κ2) is 7.34. The minimum Gasteiger partial charge on any atom is -0.370 e. The van der Waals surface area contributed by atoms with Crippen LogP contribution in [0.25, 0.3) is 0 Å². The molecule has 0 radical (unpaired) electrons. The monoisotopic (exact) mass is 327 g/mol. The van der Waals surface area contributed by atoms with Crippen molar-refractivity contribution in [2.24, 2.45) is 5.73 Å². The van der Waals surface area contributed by atoms with Crippen molar-refractivity contribution in [1.29, 1.82) is 0 Å². The molecule has 0 saturated carbocycles. The molecule has 24 heavy (non-hydrogen) atoms. The van der Waals surface area contributed by atoms with Gasteiger partial charge in [0, 0.05) is 17.4 Å². The molecule has 0 aliphatic carbocycles. The van der Waals surface area contributed by atoms with Crippen LogP contribution in [0.5, 0.6) is 0 Å². The van der Waals surface area contributed by atoms with Crippen LogP contribution in [0.2, 0.25) is 0 Å². The van der Waals surface area contributed by atoms with Gasteiger partial charge in [-0.3, -0.25) is 9.59 Å². The number of carbonyl (C=O) groups is 2. The third kappa shape index (κ3) is 3.85. The second-order valence-electron chi connectivity index (χ2n) is 6.36. The van der Waals surface area contributed by atoms with E-state index in [4.69, 9.17) is 5.73 Å². The SMILES string of the molecule is Cc1cc(C(=O)N[C@@H](CC(N)=O)c2ccccc2)c(C)n1C(C)C. The fourth-order valence-corrected chi connectivity index (χ4v) is 3.18. The zero-order valence-corrected chi connectivity index (χ0v) is 14.7. The maximum atomic E-state index is 12.7. The van der Waals surface area contributed by atoms with E-state index in [0.29, 0.717) is 5.56 Å². The van der Waals surface area contributed by atoms with Crippen molar-refractivity contribution in [3.05, 3.63) is 58.9 Å². The van der Waals surface area contributed by atoms with Crippen LogP contribution in [-0.4, -0.2) is 16.4 Å². The summed E-state index contributed by atoms with van der Waals surface area (Å²) in [6.45, 7) is 8.10. The number of amides is 2. The molecule has 1 heterocycles. The van der Waals surface area contributed by atoms with Crippen LogP contribution >= 0.6 is 0 Å². The van der Waals surface area contributed by atoms with Gasteiger partial charge in [0.05, 0.1) is 18.0 Å². The number of rotatable bonds is 6. The van der Waals surface area contributed by atoms with Crippen molar-refractivity contribution >= 4 is 11.8 Å². The number of nitrogens with two attached hydrogens (primary N) is 1. The fourth-order valence-electron chi connectivity index (χ4n) is 3.18. The van der Waals surface area contributed by atoms with Crippen LogP contribution in [0.1, 0.15) is 59.7 Å². The van der Waals surface area contributed by atoms with Gasteiger partial charge in [0.15, 0.2) is 0 Å². The Morgan fingerprint density at radius 1 is 1.17 bits per heavy atom. The Morgan fingerprint density at radius 2 is 1.79 bits per heavy atom. The summed E-state index contributed by atoms with van der Waals surface area (Å²) in [7, 11) is 0. The van der Waals surface area contributed by atoms with Crippen LogP contribution < -0.4 is 11.1 Å². The number of carbonyl (C=O) groups excluding carboxylic acids is 2. The van der Waals surface area contributed by atoms with Crippen LogP contribution in [0.15, 0.2) is 36.4 Å². The summed E-state index contributed by atoms with van der Waals surface area (Å²) in [6.07, 6.45) is 0.0681. The molecule has 128 valence electrons. The Labute approximate surface area is 142 Å². The van der Waals surface area contributed by atoms with Gasteiger partial charge in [0.2, 0.25) is 5.91 Å². The van der Waals surface area contributed by atoms with E-state index in [9.17, 15) is 9.59 Å². The zero-order chi connectivity index (χ0) is 17.9. The minimum absolute atomic E-state index is 0.0681. The number of benzene rings is 1. The molecular formula is C19H25N3O2. The summed E-state index contributed by atoms with van der Waals surface area (Å²) >= 11 is 0. The van der Waals surface area contributed by atoms with E-state index in [1.54, 1.807) is 0 Å². The van der Waals surface area contributed by atoms with Gasteiger partial charge < -0.3 is 15.6 Å². The molecule has 0 aliphatic rings. The molecule has 2 amide bonds. The van der Waals surface area contributed by atoms with Gasteiger partial charge in [-0.05, 0) is 39.3 Å². The van der Waals surface area contributed by atoms with E-state index in [2.05, 4.69) is 23.7 Å². The molecule has 0 aliphatic heterocycles. The molecule has 0 saturated heterocycles. The first kappa shape index (κ1) is 17.8. The van der Waals surface area contributed by atoms with Crippen molar-refractivity contribution in [1.82, 2.24) is 9.88 Å². The van der Waals surface area contributed by atoms with Gasteiger partial charge in [-0.1, -0.05) is 30.3 Å². The van der Waals surface area contributed by atoms with E-state index in [1.807, 2.05) is 50.2 Å². The third-order valence-corrected chi connectivity index (χ3v) is 4.16. The van der Waals surface area contributed by atoms with Crippen LogP contribution in [-0.2, 0) is 4.79 Å². The lowest BCUT2D eigenvalue weighted by molar-refractivity contribution is -0.118. The highest BCUT2D eigenvalue weighted by atomic mass is 16.2. The molecule has 1 atom stereocenters. The smallest absolute Gasteiger partial charge is 0.253 e. The standard InChI is InChI=1S/C19H25N3O2/c1-12(2)22-13(3)10-16(14(22)4)19(24)21-17(11-18(20)23)15-8-6-5-7-9-15/h5-10,12,17H,11H2,1-4H3,(H2,20,23)(H,21,24)/t17-/m0/s1. The summed E-state index contributed by atoms with van der Waals surface area (Å²) in [5, 5.41) is 2.95. The average Bonchev–Trinajstić information content (AvgIpc) is 2.82. The molecule has 0 unspecified atom stereocenters. The number of aryl methyl sites for hydroxylation is 1. The van der Waals surface area contributed by atoms with E-state index >= 15 is 0 Å². The molecule has 5 heteroatoms. The van der Waals surface area contributed by atoms with Crippen molar-refractivity contribution in [2.45, 2.75) is 46.2 Å². The van der Waals surface area contributed by atoms with Crippen LogP contribution in [0.3, 0.4) is 0 Å². The molecule has 2 aromatic rings. The highest BCUT2D eigenvalue weighted by molar-refractivity contribution is 5.96. The number of nitrogens with zero attached hydrogens (tertiary/aromatic N) is 1. The predicted octanol–water partition coefficient (Wildman–Crippen LogP) is 3.03. The maximum Gasteiger partial charge on any atom is 0.253 e. The van der Waals surface area contributed by atoms with Crippen molar-refractivity contribution < 1.29 is 9.59 Å². The number of nitrogens with one attached hydrogen (secondary N) is 1. The second-order valence-corrected chi connectivity index (χ2v) is 6.36. The first-order valence-corrected chi connectivity index (χ1v) is 8.13. The highest BCUT2D eigenvalue weighted by Gasteiger charge is 2.21. The van der Waals surface area contributed by atoms with Gasteiger partial charge >= 0.3 is 0 Å². The van der Waals surface area contributed by atoms with Gasteiger partial charge in [-0.2, -0.15) is 0 Å². The third-order valence-electron chi connectivity index (χ3n) is 4.16. The fraction of sp³-hybridized carbons (Fsp3) is 0.368. The number of aromatic nitrogens is 1. The lowest BCUT2D eigenvalue weighted by Crippen LogP contribution is -2.32. The number of hydrogen-bond acceptors (Lipinski definition) is 2. The van der Waals surface area contributed by atoms with Crippen LogP contribution in [0.4, 0.5) is 0 Å². The average molecular weight is 327 g/mol. The van der Waals surface area contributed by atoms with Crippen molar-refractivity contribution in [3.63, 3.8) is 0 Å². The Hall–Kier alpha value is -2.56. The Kier molecular flexibility index (Phi) is 5.44. The van der Waals surface area contributed by atoms with Crippen molar-refractivity contribution in [3.8, 4) is 0 Å². The first-order valence-electron chi connectivity index (χ1n) is 8.13. The Balaban J connectivity index is 2.28. The summed E-state index contributed by atoms with van der Waals surface area (Å²) in [5.74, 6) is -0.637. The van der Waals surface area contributed by atoms with Gasteiger partial charge in [0.1, 0.15) is 0 Å². The Morgan fingerprint density at radius 3 is 2.29 bits per heavy atom. The lowest BCUT2D eigenvalue weighted by atomic mass is 10.0. The Bertz CT molecular complexity index is 733. The normalized spacial score (nSPS) is 12.2. The van der Waals surface area contributed by atoms with Gasteiger partial charge in [-0.15, -0.1) is 0 Å². The number of hydrogen-bond donors (Lipinski definition) is 2. The van der Waals surface area contributed by atoms with Gasteiger partial charge in [-0.25, -0.2) is 0 Å². The molecule has 3 N–H and O–H groups in total. The van der Waals surface area contributed by atoms with Crippen molar-refractivity contribution in [2.75, 3.05) is 0 Å². The quantitative estimate of drug-likeness (QED) is 0.855. The molecule has 5 nitrogen and oxygen atoms in total. The van der Waals surface area contributed by atoms with E-state index < -0.39 is 11.9 Å². The molecule has 1 aromatic carbocycles. The lowest BCUT2D eigenvalue weighted by Gasteiger charge is -2.18. The van der Waals surface area contributed by atoms with Crippen LogP contribution in [0, 0.1) is 13.8 Å². The molecule has 0 bridgehead atoms. The highest BCUT2D eigenvalue weighted by Crippen LogP contribution is 2.22. The molecule has 1 aromatic heterocycles. The van der Waals surface area contributed by atoms with E-state index in [1.165, 1.54) is 0 Å². The predicted molar refractivity (Wildman–Crippen MR) is 94.8 cm³/mol. The van der Waals surface area contributed by atoms with E-state index in [-0.39, 0.29) is 18.4 Å². The molecular weight excluding hydrogens is 302 g/mol.